The molecule has 1 aliphatic rings. The standard InChI is InChI=1S/C26H28FN5O3S/c1-5-11-29-23(33)20-16-36-24(30-20)22-28-12-14-32(22)21-15-31(25(34)35-26(2,3)4)13-10-19(21)17-6-8-18(27)9-7-17/h1,6-9,12,14,16,19,21H,10-11,13,15H2,2-4H3,(H,29,33). The number of amides is 2. The highest BCUT2D eigenvalue weighted by atomic mass is 32.1. The number of nitrogens with zero attached hydrogens (tertiary/aromatic N) is 4. The first-order chi connectivity index (χ1) is 17.2. The second-order valence-electron chi connectivity index (χ2n) is 9.52. The van der Waals surface area contributed by atoms with E-state index in [2.05, 4.69) is 21.2 Å². The van der Waals surface area contributed by atoms with Gasteiger partial charge in [0.05, 0.1) is 12.6 Å². The van der Waals surface area contributed by atoms with Crippen molar-refractivity contribution < 1.29 is 18.7 Å². The monoisotopic (exact) mass is 509 g/mol. The Morgan fingerprint density at radius 3 is 2.75 bits per heavy atom. The predicted molar refractivity (Wildman–Crippen MR) is 135 cm³/mol. The summed E-state index contributed by atoms with van der Waals surface area (Å²) in [5.41, 5.74) is 0.616. The van der Waals surface area contributed by atoms with Crippen LogP contribution < -0.4 is 5.32 Å². The molecule has 1 fully saturated rings. The summed E-state index contributed by atoms with van der Waals surface area (Å²) in [7, 11) is 0. The summed E-state index contributed by atoms with van der Waals surface area (Å²) < 4.78 is 21.2. The zero-order valence-corrected chi connectivity index (χ0v) is 21.2. The van der Waals surface area contributed by atoms with Crippen molar-refractivity contribution in [3.63, 3.8) is 0 Å². The quantitative estimate of drug-likeness (QED) is 0.513. The summed E-state index contributed by atoms with van der Waals surface area (Å²) in [6.45, 7) is 6.50. The molecule has 1 saturated heterocycles. The van der Waals surface area contributed by atoms with Crippen LogP contribution in [0.4, 0.5) is 9.18 Å². The third-order valence-corrected chi connectivity index (χ3v) is 6.68. The maximum absolute atomic E-state index is 13.6. The average Bonchev–Trinajstić information content (AvgIpc) is 3.51. The number of nitrogens with one attached hydrogen (secondary N) is 1. The SMILES string of the molecule is C#CCNC(=O)c1csc(-c2nccn2C2CN(C(=O)OC(C)(C)C)CCC2c2ccc(F)cc2)n1. The van der Waals surface area contributed by atoms with Crippen LogP contribution in [0.1, 0.15) is 55.2 Å². The van der Waals surface area contributed by atoms with Crippen molar-refractivity contribution >= 4 is 23.3 Å². The summed E-state index contributed by atoms with van der Waals surface area (Å²) in [4.78, 5) is 35.9. The van der Waals surface area contributed by atoms with E-state index in [1.165, 1.54) is 23.5 Å². The first kappa shape index (κ1) is 25.4. The zero-order chi connectivity index (χ0) is 25.9. The van der Waals surface area contributed by atoms with Crippen molar-refractivity contribution in [2.75, 3.05) is 19.6 Å². The minimum atomic E-state index is -0.613. The Kier molecular flexibility index (Phi) is 7.40. The molecule has 36 heavy (non-hydrogen) atoms. The van der Waals surface area contributed by atoms with Crippen LogP contribution in [0.2, 0.25) is 0 Å². The van der Waals surface area contributed by atoms with Crippen LogP contribution >= 0.6 is 11.3 Å². The lowest BCUT2D eigenvalue weighted by Gasteiger charge is -2.40. The molecule has 0 radical (unpaired) electrons. The molecule has 4 rings (SSSR count). The van der Waals surface area contributed by atoms with Crippen LogP contribution in [0.3, 0.4) is 0 Å². The number of benzene rings is 1. The molecule has 0 saturated carbocycles. The summed E-state index contributed by atoms with van der Waals surface area (Å²) in [5.74, 6) is 2.29. The molecule has 10 heteroatoms. The molecular formula is C26H28FN5O3S. The molecule has 2 atom stereocenters. The van der Waals surface area contributed by atoms with E-state index in [1.807, 2.05) is 31.5 Å². The van der Waals surface area contributed by atoms with Gasteiger partial charge >= 0.3 is 6.09 Å². The highest BCUT2D eigenvalue weighted by molar-refractivity contribution is 7.13. The Morgan fingerprint density at radius 2 is 2.06 bits per heavy atom. The van der Waals surface area contributed by atoms with Gasteiger partial charge in [0.25, 0.3) is 5.91 Å². The number of carbonyl (C=O) groups is 2. The molecule has 1 aliphatic heterocycles. The summed E-state index contributed by atoms with van der Waals surface area (Å²) in [5, 5.41) is 4.83. The molecule has 0 bridgehead atoms. The third kappa shape index (κ3) is 5.74. The number of piperidine rings is 1. The van der Waals surface area contributed by atoms with Gasteiger partial charge in [0.1, 0.15) is 17.1 Å². The second kappa shape index (κ2) is 10.5. The van der Waals surface area contributed by atoms with Gasteiger partial charge in [0, 0.05) is 36.8 Å². The minimum absolute atomic E-state index is 0.00408. The number of imidazole rings is 1. The molecule has 0 aliphatic carbocycles. The van der Waals surface area contributed by atoms with Crippen molar-refractivity contribution in [1.82, 2.24) is 24.8 Å². The molecule has 1 N–H and O–H groups in total. The normalized spacial score (nSPS) is 17.9. The number of ether oxygens (including phenoxy) is 1. The Labute approximate surface area is 213 Å². The predicted octanol–water partition coefficient (Wildman–Crippen LogP) is 4.47. The number of thiazole rings is 1. The van der Waals surface area contributed by atoms with E-state index in [-0.39, 0.29) is 42.0 Å². The number of likely N-dealkylation sites (tertiary alicyclic amines) is 1. The summed E-state index contributed by atoms with van der Waals surface area (Å²) >= 11 is 1.30. The van der Waals surface area contributed by atoms with Crippen molar-refractivity contribution in [3.8, 4) is 23.2 Å². The highest BCUT2D eigenvalue weighted by Gasteiger charge is 2.36. The van der Waals surface area contributed by atoms with Crippen LogP contribution in [-0.2, 0) is 4.74 Å². The van der Waals surface area contributed by atoms with E-state index in [0.717, 1.165) is 5.56 Å². The number of terminal acetylenes is 1. The topological polar surface area (TPSA) is 89.4 Å². The fraction of sp³-hybridized carbons (Fsp3) is 0.385. The van der Waals surface area contributed by atoms with E-state index in [1.54, 1.807) is 28.6 Å². The number of rotatable bonds is 5. The summed E-state index contributed by atoms with van der Waals surface area (Å²) in [6, 6.07) is 6.25. The summed E-state index contributed by atoms with van der Waals surface area (Å²) in [6.07, 6.45) is 9.01. The molecule has 8 nitrogen and oxygen atoms in total. The van der Waals surface area contributed by atoms with Crippen LogP contribution in [-0.4, -0.2) is 56.7 Å². The Bertz CT molecular complexity index is 1270. The van der Waals surface area contributed by atoms with E-state index in [9.17, 15) is 14.0 Å². The lowest BCUT2D eigenvalue weighted by Crippen LogP contribution is -2.46. The highest BCUT2D eigenvalue weighted by Crippen LogP contribution is 2.39. The van der Waals surface area contributed by atoms with Gasteiger partial charge in [0.15, 0.2) is 10.8 Å². The molecular weight excluding hydrogens is 481 g/mol. The van der Waals surface area contributed by atoms with Gasteiger partial charge in [-0.3, -0.25) is 4.79 Å². The van der Waals surface area contributed by atoms with Crippen molar-refractivity contribution in [2.45, 2.75) is 44.8 Å². The first-order valence-corrected chi connectivity index (χ1v) is 12.5. The average molecular weight is 510 g/mol. The molecule has 2 unspecified atom stereocenters. The Morgan fingerprint density at radius 1 is 1.31 bits per heavy atom. The van der Waals surface area contributed by atoms with Gasteiger partial charge in [-0.1, -0.05) is 18.1 Å². The lowest BCUT2D eigenvalue weighted by atomic mass is 9.85. The number of hydrogen-bond donors (Lipinski definition) is 1. The number of halogens is 1. The van der Waals surface area contributed by atoms with Crippen LogP contribution in [0.5, 0.6) is 0 Å². The van der Waals surface area contributed by atoms with E-state index >= 15 is 0 Å². The first-order valence-electron chi connectivity index (χ1n) is 11.6. The van der Waals surface area contributed by atoms with Crippen molar-refractivity contribution in [2.24, 2.45) is 0 Å². The van der Waals surface area contributed by atoms with Gasteiger partial charge in [-0.15, -0.1) is 17.8 Å². The number of aromatic nitrogens is 3. The molecule has 1 aromatic carbocycles. The maximum Gasteiger partial charge on any atom is 0.410 e. The number of hydrogen-bond acceptors (Lipinski definition) is 6. The van der Waals surface area contributed by atoms with Gasteiger partial charge in [-0.05, 0) is 44.9 Å². The Balaban J connectivity index is 1.67. The molecule has 2 aromatic heterocycles. The van der Waals surface area contributed by atoms with E-state index in [4.69, 9.17) is 11.2 Å². The van der Waals surface area contributed by atoms with Crippen molar-refractivity contribution in [1.29, 1.82) is 0 Å². The van der Waals surface area contributed by atoms with Gasteiger partial charge < -0.3 is 19.5 Å². The zero-order valence-electron chi connectivity index (χ0n) is 20.4. The minimum Gasteiger partial charge on any atom is -0.444 e. The van der Waals surface area contributed by atoms with Gasteiger partial charge in [-0.2, -0.15) is 0 Å². The molecule has 188 valence electrons. The number of carbonyl (C=O) groups excluding carboxylic acids is 2. The largest absolute Gasteiger partial charge is 0.444 e. The van der Waals surface area contributed by atoms with Gasteiger partial charge in [-0.25, -0.2) is 19.2 Å². The third-order valence-electron chi connectivity index (χ3n) is 5.84. The molecule has 0 spiro atoms. The molecule has 3 aromatic rings. The fourth-order valence-corrected chi connectivity index (χ4v) is 5.05. The van der Waals surface area contributed by atoms with Gasteiger partial charge in [0.2, 0.25) is 0 Å². The molecule has 3 heterocycles. The van der Waals surface area contributed by atoms with Crippen molar-refractivity contribution in [3.05, 3.63) is 59.1 Å². The van der Waals surface area contributed by atoms with Crippen LogP contribution in [0.15, 0.2) is 42.0 Å². The fourth-order valence-electron chi connectivity index (χ4n) is 4.25. The van der Waals surface area contributed by atoms with Crippen LogP contribution in [0.25, 0.3) is 10.8 Å². The Hall–Kier alpha value is -3.71. The lowest BCUT2D eigenvalue weighted by molar-refractivity contribution is 0.0153. The smallest absolute Gasteiger partial charge is 0.410 e. The van der Waals surface area contributed by atoms with E-state index in [0.29, 0.717) is 30.3 Å². The maximum atomic E-state index is 13.6. The van der Waals surface area contributed by atoms with E-state index < -0.39 is 5.60 Å². The van der Waals surface area contributed by atoms with Crippen LogP contribution in [0, 0.1) is 18.2 Å². The second-order valence-corrected chi connectivity index (χ2v) is 10.4. The molecule has 2 amide bonds.